The van der Waals surface area contributed by atoms with Gasteiger partial charge in [0.05, 0.1) is 0 Å². The second-order valence-corrected chi connectivity index (χ2v) is 14.9. The average molecular weight is 405 g/mol. The first-order valence-electron chi connectivity index (χ1n) is 10.9. The molecule has 1 aliphatic rings. The fourth-order valence-corrected chi connectivity index (χ4v) is 20.8. The summed E-state index contributed by atoms with van der Waals surface area (Å²) in [5, 5.41) is 3.64. The summed E-state index contributed by atoms with van der Waals surface area (Å²) in [5.74, 6) is 0. The summed E-state index contributed by atoms with van der Waals surface area (Å²) in [6, 6.07) is 0. The number of rotatable bonds is 12. The van der Waals surface area contributed by atoms with Crippen LogP contribution in [0.4, 0.5) is 0 Å². The Hall–Kier alpha value is 0.440. The fourth-order valence-electron chi connectivity index (χ4n) is 5.34. The molecule has 26 heavy (non-hydrogen) atoms. The van der Waals surface area contributed by atoms with Crippen LogP contribution in [-0.4, -0.2) is 81.1 Å². The first-order valence-corrected chi connectivity index (χ1v) is 14.3. The van der Waals surface area contributed by atoms with Gasteiger partial charge in [0.1, 0.15) is 0 Å². The lowest BCUT2D eigenvalue weighted by Crippen LogP contribution is -2.49. The van der Waals surface area contributed by atoms with Gasteiger partial charge in [-0.3, -0.25) is 18.7 Å². The first-order chi connectivity index (χ1) is 12.4. The summed E-state index contributed by atoms with van der Waals surface area (Å²) < 4.78 is 11.3. The van der Waals surface area contributed by atoms with Gasteiger partial charge in [-0.1, -0.05) is 55.4 Å². The normalized spacial score (nSPS) is 19.2. The zero-order valence-corrected chi connectivity index (χ0v) is 21.1. The summed E-state index contributed by atoms with van der Waals surface area (Å²) in [5.41, 5.74) is 0. The van der Waals surface area contributed by atoms with Gasteiger partial charge in [0.2, 0.25) is 0 Å². The molecule has 0 aromatic rings. The Morgan fingerprint density at radius 2 is 0.577 bits per heavy atom. The van der Waals surface area contributed by atoms with Crippen LogP contribution >= 0.6 is 14.4 Å². The number of nitrogens with zero attached hydrogens (tertiary/aromatic N) is 4. The Labute approximate surface area is 165 Å². The highest BCUT2D eigenvalue weighted by atomic mass is 31.2. The van der Waals surface area contributed by atoms with Crippen molar-refractivity contribution in [3.8, 4) is 0 Å². The van der Waals surface area contributed by atoms with Crippen LogP contribution in [0.15, 0.2) is 0 Å². The van der Waals surface area contributed by atoms with Gasteiger partial charge < -0.3 is 0 Å². The maximum Gasteiger partial charge on any atom is 0.0486 e. The van der Waals surface area contributed by atoms with Gasteiger partial charge in [0, 0.05) is 76.8 Å². The highest BCUT2D eigenvalue weighted by molar-refractivity contribution is 8.22. The number of hydrogen-bond acceptors (Lipinski definition) is 4. The molecule has 0 fully saturated rings. The van der Waals surface area contributed by atoms with Crippen LogP contribution < -0.4 is 0 Å². The van der Waals surface area contributed by atoms with E-state index in [0.717, 1.165) is 52.4 Å². The van der Waals surface area contributed by atoms with Gasteiger partial charge in [0.25, 0.3) is 0 Å². The fraction of sp³-hybridized carbons (Fsp3) is 0.900. The molecule has 156 valence electrons. The molecule has 0 atom stereocenters. The molecule has 0 amide bonds. The minimum absolute atomic E-state index is 1.14. The van der Waals surface area contributed by atoms with Gasteiger partial charge in [0.15, 0.2) is 0 Å². The zero-order chi connectivity index (χ0) is 20.1. The van der Waals surface area contributed by atoms with E-state index in [4.69, 9.17) is 0 Å². The van der Waals surface area contributed by atoms with E-state index in [0.29, 0.717) is 0 Å². The van der Waals surface area contributed by atoms with Crippen LogP contribution in [0.25, 0.3) is 0 Å². The van der Waals surface area contributed by atoms with Gasteiger partial charge in [-0.2, -0.15) is 0 Å². The Balaban J connectivity index is 3.88. The molecule has 1 rings (SSSR count). The van der Waals surface area contributed by atoms with Crippen molar-refractivity contribution >= 4 is 24.4 Å². The lowest BCUT2D eigenvalue weighted by Gasteiger charge is -2.62. The SMILES string of the molecule is CCN(CC)P1(N(CC)CC)=C(C)P(N(CC)CC)(N(CC)CC)=C1C. The van der Waals surface area contributed by atoms with Gasteiger partial charge in [-0.05, 0) is 13.8 Å². The quantitative estimate of drug-likeness (QED) is 0.406. The third-order valence-corrected chi connectivity index (χ3v) is 18.9. The van der Waals surface area contributed by atoms with Crippen molar-refractivity contribution in [2.75, 3.05) is 52.4 Å². The Kier molecular flexibility index (Phi) is 9.68. The predicted octanol–water partition coefficient (Wildman–Crippen LogP) is 5.36. The largest absolute Gasteiger partial charge is 0.269 e. The summed E-state index contributed by atoms with van der Waals surface area (Å²) in [7, 11) is -2.98. The Morgan fingerprint density at radius 1 is 0.423 bits per heavy atom. The van der Waals surface area contributed by atoms with Gasteiger partial charge in [-0.15, -0.1) is 0 Å². The lowest BCUT2D eigenvalue weighted by atomic mass is 10.7. The molecule has 0 aromatic heterocycles. The molecular formula is C20H46N4P2. The minimum atomic E-state index is -1.49. The molecule has 0 N–H and O–H groups in total. The van der Waals surface area contributed by atoms with Crippen molar-refractivity contribution in [3.63, 3.8) is 0 Å². The molecule has 0 bridgehead atoms. The van der Waals surface area contributed by atoms with E-state index in [9.17, 15) is 0 Å². The summed E-state index contributed by atoms with van der Waals surface area (Å²) in [6.45, 7) is 33.0. The molecule has 1 heterocycles. The van der Waals surface area contributed by atoms with Crippen molar-refractivity contribution in [2.45, 2.75) is 69.2 Å². The second kappa shape index (κ2) is 10.3. The molecule has 0 radical (unpaired) electrons. The van der Waals surface area contributed by atoms with Crippen LogP contribution in [0.1, 0.15) is 69.2 Å². The van der Waals surface area contributed by atoms with Crippen molar-refractivity contribution in [1.29, 1.82) is 0 Å². The highest BCUT2D eigenvalue weighted by Crippen LogP contribution is 2.80. The van der Waals surface area contributed by atoms with E-state index in [-0.39, 0.29) is 0 Å². The van der Waals surface area contributed by atoms with E-state index in [1.807, 2.05) is 10.1 Å². The van der Waals surface area contributed by atoms with Crippen LogP contribution in [0, 0.1) is 0 Å². The molecule has 0 aliphatic carbocycles. The smallest absolute Gasteiger partial charge is 0.0486 e. The monoisotopic (exact) mass is 404 g/mol. The molecule has 6 heteroatoms. The van der Waals surface area contributed by atoms with Crippen molar-refractivity contribution < 1.29 is 0 Å². The lowest BCUT2D eigenvalue weighted by molar-refractivity contribution is 0.418. The molecular weight excluding hydrogens is 358 g/mol. The van der Waals surface area contributed by atoms with Crippen LogP contribution in [0.5, 0.6) is 0 Å². The molecule has 0 unspecified atom stereocenters. The van der Waals surface area contributed by atoms with Crippen molar-refractivity contribution in [2.24, 2.45) is 0 Å². The summed E-state index contributed by atoms with van der Waals surface area (Å²) in [4.78, 5) is 0. The molecule has 0 aromatic carbocycles. The van der Waals surface area contributed by atoms with E-state index in [2.05, 4.69) is 87.9 Å². The molecule has 0 spiro atoms. The van der Waals surface area contributed by atoms with Crippen LogP contribution in [0.2, 0.25) is 0 Å². The summed E-state index contributed by atoms with van der Waals surface area (Å²) >= 11 is 0. The zero-order valence-electron chi connectivity index (χ0n) is 19.3. The number of hydrogen-bond donors (Lipinski definition) is 0. The van der Waals surface area contributed by atoms with E-state index in [1.54, 1.807) is 0 Å². The highest BCUT2D eigenvalue weighted by Gasteiger charge is 2.53. The second-order valence-electron chi connectivity index (χ2n) is 6.85. The minimum Gasteiger partial charge on any atom is -0.269 e. The summed E-state index contributed by atoms with van der Waals surface area (Å²) in [6.07, 6.45) is 0. The van der Waals surface area contributed by atoms with Gasteiger partial charge >= 0.3 is 0 Å². The third kappa shape index (κ3) is 3.23. The third-order valence-electron chi connectivity index (χ3n) is 6.36. The van der Waals surface area contributed by atoms with E-state index < -0.39 is 14.4 Å². The average Bonchev–Trinajstić information content (AvgIpc) is 2.67. The first kappa shape index (κ1) is 24.5. The molecule has 0 saturated heterocycles. The van der Waals surface area contributed by atoms with Crippen molar-refractivity contribution in [3.05, 3.63) is 0 Å². The topological polar surface area (TPSA) is 13.0 Å². The standard InChI is InChI=1S/C20H46N4P2/c1-11-21(12-2)25(22(13-3)14-4)19(9)26(20(25)10,23(15-5)16-6)24(17-7)18-8/h11-18H2,1-10H3. The van der Waals surface area contributed by atoms with E-state index >= 15 is 0 Å². The maximum absolute atomic E-state index is 2.82. The maximum atomic E-state index is 2.82. The molecule has 1 aliphatic heterocycles. The molecule has 4 nitrogen and oxygen atoms in total. The Bertz CT molecular complexity index is 456. The van der Waals surface area contributed by atoms with Gasteiger partial charge in [-0.25, -0.2) is 0 Å². The van der Waals surface area contributed by atoms with Crippen LogP contribution in [-0.2, 0) is 0 Å². The predicted molar refractivity (Wildman–Crippen MR) is 127 cm³/mol. The van der Waals surface area contributed by atoms with E-state index in [1.165, 1.54) is 0 Å². The Morgan fingerprint density at radius 3 is 0.692 bits per heavy atom. The van der Waals surface area contributed by atoms with Crippen molar-refractivity contribution in [1.82, 2.24) is 18.7 Å². The van der Waals surface area contributed by atoms with Crippen LogP contribution in [0.3, 0.4) is 0 Å². The molecule has 0 saturated carbocycles.